The maximum atomic E-state index is 12.1. The second-order valence-corrected chi connectivity index (χ2v) is 45.8. The molecular formula is C77H112N12O30Se6. The number of nitrogens with one attached hydrogen (secondary N) is 6. The number of nitrogens with zero attached hydrogens (tertiary/aromatic N) is 6. The molecule has 0 amide bonds. The molecule has 125 heavy (non-hydrogen) atoms. The van der Waals surface area contributed by atoms with E-state index in [2.05, 4.69) is 50.3 Å². The Kier molecular flexibility index (Phi) is 41.2. The van der Waals surface area contributed by atoms with Gasteiger partial charge in [-0.15, -0.1) is 0 Å². The first kappa shape index (κ1) is 103. The average Bonchev–Trinajstić information content (AvgIpc) is 1.73. The number of hydrogen-bond donors (Lipinski definition) is 18. The van der Waals surface area contributed by atoms with E-state index < -0.39 is 150 Å². The van der Waals surface area contributed by atoms with Gasteiger partial charge in [-0.3, -0.25) is 0 Å². The fraction of sp³-hybridized carbons (Fsp3) is 0.662. The molecular weight excluding hydrogens is 2050 g/mol. The standard InChI is InChI=1S/C16H24N2O5Se.C13H18N2O5Se.C13H20N2O5Se.C12H18N2O5Se.C12H16N2O5Se.C11H16N2O5Se/c19-8-13-12(20)6-14(23-13)18-7-10(15(21)17-16(18)22)9-24-11-4-2-1-3-5-11;16-5-10-9(17)3-11(20-10)15-4-7(6-21-8-1-2-8)12(18)14-13(15)19;1-7(2)21-6-8-4-15(13(19)14-12(8)18)11-3-9(17)10(5-16)20-11;2*1-2-20-6-7-4-14(12(18)13-11(7)17)10-3-8(16)9(5-15)19-10;1-19-5-6-3-13(11(17)12-10(6)16)9-2-7(15)8(4-14)18-9/h7,11-14,19-20H,1-6,8-9H2,(H,17,21,22);4,8-11,16-17H,1-3,5-6H2,(H,14,18,19);4,7,9-11,16-17H,3,5-6H2,1-2H3,(H,14,18,19);4,8-10,15-16H,2-3,5-6H2,1H3,(H,13,17,18);2,4,8-10,15-16H,1,3,5-6H2,(H,13,17,18);3,7-9,14-15H,2,4-5H2,1H3,(H,12,16,17)/t12?,13-,14-;2*9?,10-,11-;2*8?,9-,10-;7?,8-,9-/m111111/s1. The molecule has 0 aromatic carbocycles. The third-order valence-corrected chi connectivity index (χ3v) is 34.2. The summed E-state index contributed by atoms with van der Waals surface area (Å²) in [5.41, 5.74) is -2.20. The molecule has 18 atom stereocenters. The SMILES string of the molecule is C=C[Se]Cc1cn([C@H]2CC(O)[C@@H](CO)O2)c(=O)[nH]c1=O.CC(C)[Se]Cc1cn([C@H]2CC(O)[C@@H](CO)O2)c(=O)[nH]c1=O.CC[Se]Cc1cn([C@H]2CC(O)[C@@H](CO)O2)c(=O)[nH]c1=O.C[Se]Cc1cn([C@H]2CC(O)[C@@H](CO)O2)c(=O)[nH]c1=O.O=c1[nH]c(=O)n([C@H]2CC(O)[C@@H](CO)O2)cc1C[Se]C1CC1.O=c1[nH]c(=O)n([C@H]2CC(O)[C@@H](CO)O2)cc1C[Se]C1CCCCC1. The van der Waals surface area contributed by atoms with Crippen molar-refractivity contribution in [2.24, 2.45) is 0 Å². The van der Waals surface area contributed by atoms with Gasteiger partial charge in [0.25, 0.3) is 0 Å². The first-order chi connectivity index (χ1) is 59.8. The molecule has 6 aromatic rings. The summed E-state index contributed by atoms with van der Waals surface area (Å²) in [5.74, 6) is 2.00. The van der Waals surface area contributed by atoms with Crippen molar-refractivity contribution in [2.75, 3.05) is 39.6 Å². The Morgan fingerprint density at radius 2 is 0.608 bits per heavy atom. The third kappa shape index (κ3) is 28.9. The number of rotatable bonds is 29. The zero-order valence-corrected chi connectivity index (χ0v) is 79.4. The Balaban J connectivity index is 0.000000170. The minimum atomic E-state index is -0.829. The van der Waals surface area contributed by atoms with Crippen LogP contribution in [0.3, 0.4) is 0 Å². The van der Waals surface area contributed by atoms with Crippen LogP contribution in [-0.4, -0.2) is 321 Å². The zero-order chi connectivity index (χ0) is 91.0. The number of aromatic nitrogens is 12. The van der Waals surface area contributed by atoms with Crippen LogP contribution in [0.15, 0.2) is 106 Å². The van der Waals surface area contributed by atoms with Crippen molar-refractivity contribution in [3.8, 4) is 0 Å². The van der Waals surface area contributed by atoms with Crippen LogP contribution < -0.4 is 67.5 Å². The molecule has 14 rings (SSSR count). The van der Waals surface area contributed by atoms with Gasteiger partial charge in [-0.1, -0.05) is 0 Å². The molecule has 0 radical (unpaired) electrons. The summed E-state index contributed by atoms with van der Waals surface area (Å²) in [5, 5.41) is 118. The van der Waals surface area contributed by atoms with Crippen molar-refractivity contribution in [3.63, 3.8) is 0 Å². The van der Waals surface area contributed by atoms with Gasteiger partial charge in [0.2, 0.25) is 0 Å². The Morgan fingerprint density at radius 1 is 0.368 bits per heavy atom. The van der Waals surface area contributed by atoms with E-state index in [-0.39, 0.29) is 151 Å². The van der Waals surface area contributed by atoms with E-state index in [1.807, 2.05) is 12.7 Å². The van der Waals surface area contributed by atoms with Crippen molar-refractivity contribution < 1.29 is 89.7 Å². The molecule has 696 valence electrons. The van der Waals surface area contributed by atoms with Crippen LogP contribution in [-0.2, 0) is 60.3 Å². The number of aliphatic hydroxyl groups is 12. The summed E-state index contributed by atoms with van der Waals surface area (Å²) in [6, 6.07) is 0. The fourth-order valence-corrected chi connectivity index (χ4v) is 24.0. The summed E-state index contributed by atoms with van der Waals surface area (Å²) in [6.45, 7) is 8.01. The van der Waals surface area contributed by atoms with Crippen LogP contribution in [0.25, 0.3) is 0 Å². The molecule has 8 aliphatic rings. The average molecular weight is 2160 g/mol. The fourth-order valence-electron chi connectivity index (χ4n) is 14.0. The summed E-state index contributed by atoms with van der Waals surface area (Å²) in [7, 11) is 0. The number of aliphatic hydroxyl groups excluding tert-OH is 12. The number of hydrogen-bond acceptors (Lipinski definition) is 30. The van der Waals surface area contributed by atoms with Crippen LogP contribution in [0.2, 0.25) is 25.6 Å². The van der Waals surface area contributed by atoms with Gasteiger partial charge >= 0.3 is 756 Å². The van der Waals surface area contributed by atoms with Crippen LogP contribution >= 0.6 is 0 Å². The van der Waals surface area contributed by atoms with Crippen molar-refractivity contribution >= 4 is 89.7 Å². The molecule has 18 N–H and O–H groups in total. The van der Waals surface area contributed by atoms with E-state index in [1.165, 1.54) is 97.1 Å². The molecule has 0 bridgehead atoms. The molecule has 48 heteroatoms. The molecule has 6 aliphatic heterocycles. The molecule has 6 aromatic heterocycles. The number of H-pyrrole nitrogens is 6. The normalized spacial score (nSPS) is 27.0. The summed E-state index contributed by atoms with van der Waals surface area (Å²) in [4.78, 5) is 160. The second kappa shape index (κ2) is 50.0. The van der Waals surface area contributed by atoms with Gasteiger partial charge in [-0.05, 0) is 0 Å². The molecule has 6 unspecified atom stereocenters. The van der Waals surface area contributed by atoms with Gasteiger partial charge in [0, 0.05) is 0 Å². The molecule has 8 fully saturated rings. The van der Waals surface area contributed by atoms with E-state index in [1.54, 1.807) is 17.4 Å². The van der Waals surface area contributed by atoms with Crippen molar-refractivity contribution in [1.29, 1.82) is 0 Å². The van der Waals surface area contributed by atoms with Crippen LogP contribution in [0, 0.1) is 0 Å². The third-order valence-electron chi connectivity index (χ3n) is 21.1. The van der Waals surface area contributed by atoms with E-state index in [0.717, 1.165) is 10.1 Å². The maximum absolute atomic E-state index is 12.1. The predicted molar refractivity (Wildman–Crippen MR) is 456 cm³/mol. The van der Waals surface area contributed by atoms with Gasteiger partial charge in [0.05, 0.1) is 0 Å². The Bertz CT molecular complexity index is 5150. The van der Waals surface area contributed by atoms with Crippen LogP contribution in [0.4, 0.5) is 0 Å². The van der Waals surface area contributed by atoms with Crippen molar-refractivity contribution in [2.45, 2.75) is 272 Å². The second-order valence-electron chi connectivity index (χ2n) is 30.6. The molecule has 42 nitrogen and oxygen atoms in total. The van der Waals surface area contributed by atoms with E-state index in [4.69, 9.17) is 59.1 Å². The van der Waals surface area contributed by atoms with Crippen LogP contribution in [0.5, 0.6) is 0 Å². The number of aromatic amines is 6. The Labute approximate surface area is 750 Å². The molecule has 2 aliphatic carbocycles. The Hall–Kier alpha value is -5.78. The van der Waals surface area contributed by atoms with Gasteiger partial charge < -0.3 is 0 Å². The quantitative estimate of drug-likeness (QED) is 0.0194. The zero-order valence-electron chi connectivity index (χ0n) is 69.1. The van der Waals surface area contributed by atoms with Gasteiger partial charge in [-0.2, -0.15) is 0 Å². The van der Waals surface area contributed by atoms with E-state index in [0.29, 0.717) is 120 Å². The predicted octanol–water partition coefficient (Wildman–Crippen LogP) is -5.92. The Morgan fingerprint density at radius 3 is 0.832 bits per heavy atom. The first-order valence-electron chi connectivity index (χ1n) is 40.6. The molecule has 2 saturated carbocycles. The van der Waals surface area contributed by atoms with Crippen LogP contribution in [0.1, 0.15) is 175 Å². The molecule has 0 spiro atoms. The van der Waals surface area contributed by atoms with Crippen molar-refractivity contribution in [1.82, 2.24) is 57.3 Å². The monoisotopic (exact) mass is 2160 g/mol. The van der Waals surface area contributed by atoms with Gasteiger partial charge in [0.15, 0.2) is 0 Å². The van der Waals surface area contributed by atoms with E-state index in [9.17, 15) is 88.2 Å². The van der Waals surface area contributed by atoms with Gasteiger partial charge in [-0.25, -0.2) is 0 Å². The summed E-state index contributed by atoms with van der Waals surface area (Å²) in [6.07, 6.45) is 6.23. The summed E-state index contributed by atoms with van der Waals surface area (Å²) >= 11 is 1.69. The minimum absolute atomic E-state index is 0.0823. The van der Waals surface area contributed by atoms with E-state index >= 15 is 0 Å². The molecule has 6 saturated heterocycles. The number of ether oxygens (including phenoxy) is 6. The van der Waals surface area contributed by atoms with Crippen molar-refractivity contribution in [3.05, 3.63) is 207 Å². The topological polar surface area (TPSA) is 627 Å². The van der Waals surface area contributed by atoms with Gasteiger partial charge in [0.1, 0.15) is 0 Å². The molecule has 12 heterocycles. The summed E-state index contributed by atoms with van der Waals surface area (Å²) < 4.78 is 40.5. The first-order valence-corrected chi connectivity index (χ1v) is 54.8.